The van der Waals surface area contributed by atoms with Gasteiger partial charge >= 0.3 is 0 Å². The summed E-state index contributed by atoms with van der Waals surface area (Å²) in [7, 11) is 0. The van der Waals surface area contributed by atoms with Gasteiger partial charge in [-0.1, -0.05) is 0 Å². The van der Waals surface area contributed by atoms with E-state index in [2.05, 4.69) is 20.3 Å². The van der Waals surface area contributed by atoms with Gasteiger partial charge in [0.05, 0.1) is 18.1 Å². The molecule has 0 saturated heterocycles. The van der Waals surface area contributed by atoms with Crippen LogP contribution >= 0.6 is 0 Å². The molecule has 15 heavy (non-hydrogen) atoms. The Hall–Kier alpha value is -2.24. The van der Waals surface area contributed by atoms with Gasteiger partial charge in [0.15, 0.2) is 11.6 Å². The van der Waals surface area contributed by atoms with E-state index in [4.69, 9.17) is 5.73 Å². The monoisotopic (exact) mass is 205 g/mol. The van der Waals surface area contributed by atoms with Gasteiger partial charge in [-0.05, 0) is 12.1 Å². The summed E-state index contributed by atoms with van der Waals surface area (Å²) in [5, 5.41) is 2.84. The van der Waals surface area contributed by atoms with E-state index < -0.39 is 5.82 Å². The van der Waals surface area contributed by atoms with Crippen molar-refractivity contribution in [3.63, 3.8) is 0 Å². The van der Waals surface area contributed by atoms with Crippen molar-refractivity contribution >= 4 is 17.5 Å². The van der Waals surface area contributed by atoms with Crippen molar-refractivity contribution in [2.45, 2.75) is 0 Å². The van der Waals surface area contributed by atoms with Gasteiger partial charge in [0.2, 0.25) is 5.95 Å². The zero-order chi connectivity index (χ0) is 10.7. The second-order valence-corrected chi connectivity index (χ2v) is 2.79. The average molecular weight is 205 g/mol. The summed E-state index contributed by atoms with van der Waals surface area (Å²) < 4.78 is 12.7. The lowest BCUT2D eigenvalue weighted by atomic mass is 10.4. The maximum atomic E-state index is 12.7. The molecule has 0 saturated carbocycles. The van der Waals surface area contributed by atoms with Crippen LogP contribution in [0.5, 0.6) is 0 Å². The predicted molar refractivity (Wildman–Crippen MR) is 53.9 cm³/mol. The molecule has 2 heterocycles. The van der Waals surface area contributed by atoms with Gasteiger partial charge in [-0.3, -0.25) is 4.98 Å². The summed E-state index contributed by atoms with van der Waals surface area (Å²) in [5.41, 5.74) is 6.00. The average Bonchev–Trinajstić information content (AvgIpc) is 2.25. The van der Waals surface area contributed by atoms with E-state index in [9.17, 15) is 4.39 Å². The standard InChI is InChI=1S/C9H8FN5/c10-7-5-13-9(15-8(7)11)14-6-2-1-3-12-4-6/h1-5H,(H3,11,13,14,15). The molecule has 0 unspecified atom stereocenters. The van der Waals surface area contributed by atoms with E-state index in [0.29, 0.717) is 5.69 Å². The van der Waals surface area contributed by atoms with Crippen LogP contribution in [0, 0.1) is 5.82 Å². The van der Waals surface area contributed by atoms with Crippen molar-refractivity contribution in [3.8, 4) is 0 Å². The largest absolute Gasteiger partial charge is 0.381 e. The van der Waals surface area contributed by atoms with Crippen molar-refractivity contribution in [2.24, 2.45) is 0 Å². The first-order valence-electron chi connectivity index (χ1n) is 4.21. The van der Waals surface area contributed by atoms with Crippen LogP contribution in [0.1, 0.15) is 0 Å². The maximum absolute atomic E-state index is 12.7. The number of anilines is 3. The number of nitrogens with two attached hydrogens (primary N) is 1. The molecule has 6 heteroatoms. The minimum absolute atomic E-state index is 0.184. The third kappa shape index (κ3) is 2.16. The highest BCUT2D eigenvalue weighted by atomic mass is 19.1. The van der Waals surface area contributed by atoms with E-state index in [1.165, 1.54) is 0 Å². The van der Waals surface area contributed by atoms with Gasteiger partial charge < -0.3 is 11.1 Å². The summed E-state index contributed by atoms with van der Waals surface area (Å²) in [6, 6.07) is 3.55. The van der Waals surface area contributed by atoms with E-state index in [-0.39, 0.29) is 11.8 Å². The van der Waals surface area contributed by atoms with Gasteiger partial charge in [0.1, 0.15) is 0 Å². The Labute approximate surface area is 85.2 Å². The molecule has 0 fully saturated rings. The zero-order valence-electron chi connectivity index (χ0n) is 7.68. The third-order valence-electron chi connectivity index (χ3n) is 1.69. The van der Waals surface area contributed by atoms with Crippen LogP contribution in [0.4, 0.5) is 21.8 Å². The number of nitrogen functional groups attached to an aromatic ring is 1. The van der Waals surface area contributed by atoms with Crippen LogP contribution in [0.3, 0.4) is 0 Å². The lowest BCUT2D eigenvalue weighted by Crippen LogP contribution is -2.02. The topological polar surface area (TPSA) is 76.7 Å². The molecule has 0 aliphatic heterocycles. The Morgan fingerprint density at radius 3 is 2.87 bits per heavy atom. The van der Waals surface area contributed by atoms with E-state index in [1.807, 2.05) is 0 Å². The molecule has 0 bridgehead atoms. The number of rotatable bonds is 2. The summed E-state index contributed by atoms with van der Waals surface area (Å²) in [4.78, 5) is 11.3. The Balaban J connectivity index is 2.22. The predicted octanol–water partition coefficient (Wildman–Crippen LogP) is 1.34. The lowest BCUT2D eigenvalue weighted by Gasteiger charge is -2.03. The first-order chi connectivity index (χ1) is 7.25. The van der Waals surface area contributed by atoms with Gasteiger partial charge in [-0.2, -0.15) is 4.98 Å². The Kier molecular flexibility index (Phi) is 2.40. The first-order valence-corrected chi connectivity index (χ1v) is 4.21. The van der Waals surface area contributed by atoms with Crippen molar-refractivity contribution in [1.82, 2.24) is 15.0 Å². The molecule has 0 spiro atoms. The van der Waals surface area contributed by atoms with Gasteiger partial charge in [-0.15, -0.1) is 0 Å². The highest BCUT2D eigenvalue weighted by Gasteiger charge is 2.02. The molecule has 0 aromatic carbocycles. The van der Waals surface area contributed by atoms with E-state index in [1.54, 1.807) is 24.5 Å². The number of halogens is 1. The number of hydrogen-bond donors (Lipinski definition) is 2. The lowest BCUT2D eigenvalue weighted by molar-refractivity contribution is 0.620. The maximum Gasteiger partial charge on any atom is 0.229 e. The van der Waals surface area contributed by atoms with Crippen LogP contribution in [0.15, 0.2) is 30.7 Å². The fraction of sp³-hybridized carbons (Fsp3) is 0. The molecular weight excluding hydrogens is 197 g/mol. The van der Waals surface area contributed by atoms with Crippen molar-refractivity contribution in [1.29, 1.82) is 0 Å². The minimum atomic E-state index is -0.633. The number of pyridine rings is 1. The highest BCUT2D eigenvalue weighted by molar-refractivity contribution is 5.52. The van der Waals surface area contributed by atoms with Crippen molar-refractivity contribution in [3.05, 3.63) is 36.5 Å². The Bertz CT molecular complexity index is 459. The summed E-state index contributed by atoms with van der Waals surface area (Å²) >= 11 is 0. The fourth-order valence-corrected chi connectivity index (χ4v) is 1.01. The molecule has 0 aliphatic rings. The van der Waals surface area contributed by atoms with E-state index >= 15 is 0 Å². The normalized spacial score (nSPS) is 9.93. The number of nitrogens with one attached hydrogen (secondary N) is 1. The van der Waals surface area contributed by atoms with Crippen LogP contribution in [-0.2, 0) is 0 Å². The van der Waals surface area contributed by atoms with Crippen LogP contribution in [0.2, 0.25) is 0 Å². The number of nitrogens with zero attached hydrogens (tertiary/aromatic N) is 3. The fourth-order valence-electron chi connectivity index (χ4n) is 1.01. The molecule has 2 rings (SSSR count). The van der Waals surface area contributed by atoms with Crippen molar-refractivity contribution in [2.75, 3.05) is 11.1 Å². The molecule has 5 nitrogen and oxygen atoms in total. The summed E-state index contributed by atoms with van der Waals surface area (Å²) in [6.45, 7) is 0. The smallest absolute Gasteiger partial charge is 0.229 e. The van der Waals surface area contributed by atoms with Gasteiger partial charge in [-0.25, -0.2) is 9.37 Å². The van der Waals surface area contributed by atoms with E-state index in [0.717, 1.165) is 6.20 Å². The molecule has 2 aromatic heterocycles. The number of aromatic nitrogens is 3. The Morgan fingerprint density at radius 2 is 2.20 bits per heavy atom. The molecule has 0 aliphatic carbocycles. The molecule has 0 atom stereocenters. The highest BCUT2D eigenvalue weighted by Crippen LogP contribution is 2.12. The SMILES string of the molecule is Nc1nc(Nc2cccnc2)ncc1F. The summed E-state index contributed by atoms with van der Waals surface area (Å²) in [5.74, 6) is -0.579. The first kappa shape index (κ1) is 9.32. The molecule has 76 valence electrons. The molecule has 0 amide bonds. The van der Waals surface area contributed by atoms with Gasteiger partial charge in [0, 0.05) is 6.20 Å². The third-order valence-corrected chi connectivity index (χ3v) is 1.69. The second kappa shape index (κ2) is 3.87. The molecule has 2 aromatic rings. The van der Waals surface area contributed by atoms with Crippen molar-refractivity contribution < 1.29 is 4.39 Å². The molecule has 0 radical (unpaired) electrons. The molecular formula is C9H8FN5. The summed E-state index contributed by atoms with van der Waals surface area (Å²) in [6.07, 6.45) is 4.26. The Morgan fingerprint density at radius 1 is 1.33 bits per heavy atom. The van der Waals surface area contributed by atoms with Gasteiger partial charge in [0.25, 0.3) is 0 Å². The molecule has 3 N–H and O–H groups in total. The van der Waals surface area contributed by atoms with Crippen LogP contribution in [0.25, 0.3) is 0 Å². The minimum Gasteiger partial charge on any atom is -0.381 e. The van der Waals surface area contributed by atoms with Crippen LogP contribution in [-0.4, -0.2) is 15.0 Å². The second-order valence-electron chi connectivity index (χ2n) is 2.79. The zero-order valence-corrected chi connectivity index (χ0v) is 7.68. The quantitative estimate of drug-likeness (QED) is 0.773. The van der Waals surface area contributed by atoms with Crippen LogP contribution < -0.4 is 11.1 Å². The number of hydrogen-bond acceptors (Lipinski definition) is 5.